The number of amides is 3. The topological polar surface area (TPSA) is 192 Å². The minimum atomic E-state index is -2.86. The summed E-state index contributed by atoms with van der Waals surface area (Å²) in [6.45, 7) is 3.76. The van der Waals surface area contributed by atoms with Crippen LogP contribution in [-0.4, -0.2) is 89.9 Å². The molecule has 2 aliphatic heterocycles. The summed E-state index contributed by atoms with van der Waals surface area (Å²) in [6, 6.07) is 8.77. The molecule has 2 aliphatic rings. The van der Waals surface area contributed by atoms with Gasteiger partial charge in [0.15, 0.2) is 11.8 Å². The molecule has 3 amide bonds. The zero-order valence-corrected chi connectivity index (χ0v) is 33.7. The summed E-state index contributed by atoms with van der Waals surface area (Å²) in [6.07, 6.45) is 1.89. The van der Waals surface area contributed by atoms with Gasteiger partial charge in [-0.2, -0.15) is 18.1 Å². The molecule has 6 rings (SSSR count). The van der Waals surface area contributed by atoms with Crippen molar-refractivity contribution in [1.82, 2.24) is 29.1 Å². The highest BCUT2D eigenvalue weighted by molar-refractivity contribution is 8.00. The molecule has 0 spiro atoms. The lowest BCUT2D eigenvalue weighted by Crippen LogP contribution is -3.00. The summed E-state index contributed by atoms with van der Waals surface area (Å²) in [5, 5.41) is 8.23. The van der Waals surface area contributed by atoms with Gasteiger partial charge >= 0.3 is 24.3 Å². The van der Waals surface area contributed by atoms with Crippen molar-refractivity contribution < 1.29 is 68.6 Å². The molecule has 5 heterocycles. The van der Waals surface area contributed by atoms with E-state index in [0.717, 1.165) is 16.1 Å². The monoisotopic (exact) mass is 879 g/mol. The Morgan fingerprint density at radius 3 is 2.59 bits per heavy atom. The maximum atomic E-state index is 14.0. The van der Waals surface area contributed by atoms with Gasteiger partial charge in [-0.1, -0.05) is 17.3 Å². The Labute approximate surface area is 337 Å². The molecule has 4 aromatic rings. The van der Waals surface area contributed by atoms with Gasteiger partial charge < -0.3 is 41.3 Å². The first-order valence-electron chi connectivity index (χ1n) is 16.7. The molecular weight excluding hydrogens is 844 g/mol. The Bertz CT molecular complexity index is 2180. The number of nitrogens with zero attached hydrogens (tertiary/aromatic N) is 7. The molecule has 22 heteroatoms. The van der Waals surface area contributed by atoms with Gasteiger partial charge in [0.25, 0.3) is 11.8 Å². The molecule has 2 atom stereocenters. The number of ether oxygens (including phenoxy) is 3. The predicted octanol–water partition coefficient (Wildman–Crippen LogP) is 0.768. The molecule has 3 aromatic heterocycles. The number of hydrogen-bond acceptors (Lipinski definition) is 14. The number of imidazole rings is 1. The molecule has 56 heavy (non-hydrogen) atoms. The van der Waals surface area contributed by atoms with E-state index in [2.05, 4.69) is 30.1 Å². The number of hydrogen-bond donors (Lipinski definition) is 2. The number of fused-ring (bicyclic) bond motifs is 2. The molecule has 1 fully saturated rings. The number of aromatic nitrogens is 5. The van der Waals surface area contributed by atoms with Crippen molar-refractivity contribution in [3.8, 4) is 5.75 Å². The van der Waals surface area contributed by atoms with Gasteiger partial charge in [-0.25, -0.2) is 18.7 Å². The van der Waals surface area contributed by atoms with Gasteiger partial charge in [0.2, 0.25) is 16.7 Å². The van der Waals surface area contributed by atoms with Crippen LogP contribution in [0.2, 0.25) is 0 Å². The highest BCUT2D eigenvalue weighted by Crippen LogP contribution is 2.41. The number of benzene rings is 1. The second-order valence-electron chi connectivity index (χ2n) is 12.9. The van der Waals surface area contributed by atoms with Gasteiger partial charge in [0.1, 0.15) is 47.9 Å². The van der Waals surface area contributed by atoms with Crippen molar-refractivity contribution in [3.05, 3.63) is 71.6 Å². The number of carbonyl (C=O) groups excluding carboxylic acids is 4. The van der Waals surface area contributed by atoms with Crippen molar-refractivity contribution in [2.75, 3.05) is 24.8 Å². The summed E-state index contributed by atoms with van der Waals surface area (Å²) in [5.74, 6) is -1.71. The van der Waals surface area contributed by atoms with E-state index in [4.69, 9.17) is 19.0 Å². The van der Waals surface area contributed by atoms with Crippen molar-refractivity contribution in [1.29, 1.82) is 0 Å². The van der Waals surface area contributed by atoms with E-state index in [0.29, 0.717) is 16.9 Å². The van der Waals surface area contributed by atoms with Gasteiger partial charge in [-0.05, 0) is 57.5 Å². The SMILES string of the molecule is CCO/N=C(\C(=O)NC1C(=O)N2C(C(=O)OCc3ccc(OC)cc3)=C(C[n+]3cn(C(F)F)c4cccnc43)CSC12)c1nsc(NC(=O)OC(C)(C)C)n1.[Br-]. The summed E-state index contributed by atoms with van der Waals surface area (Å²) in [7, 11) is 1.53. The number of oxime groups is 1. The largest absolute Gasteiger partial charge is 1.00 e. The van der Waals surface area contributed by atoms with E-state index in [-0.39, 0.29) is 76.0 Å². The third kappa shape index (κ3) is 9.24. The number of nitrogens with one attached hydrogen (secondary N) is 2. The summed E-state index contributed by atoms with van der Waals surface area (Å²) in [4.78, 5) is 68.4. The fraction of sp³-hybridized carbons (Fsp3) is 0.382. The van der Waals surface area contributed by atoms with Crippen LogP contribution in [0.15, 0.2) is 65.3 Å². The number of β-lactam (4-membered cyclic amide) rings is 1. The average Bonchev–Trinajstić information content (AvgIpc) is 3.76. The first-order chi connectivity index (χ1) is 26.3. The first-order valence-corrected chi connectivity index (χ1v) is 18.5. The average molecular weight is 881 g/mol. The predicted molar refractivity (Wildman–Crippen MR) is 194 cm³/mol. The van der Waals surface area contributed by atoms with Crippen LogP contribution >= 0.6 is 23.3 Å². The van der Waals surface area contributed by atoms with Crippen LogP contribution in [0.4, 0.5) is 18.7 Å². The van der Waals surface area contributed by atoms with E-state index in [1.165, 1.54) is 53.0 Å². The van der Waals surface area contributed by atoms with Gasteiger partial charge in [-0.3, -0.25) is 19.8 Å². The van der Waals surface area contributed by atoms with Crippen LogP contribution in [0, 0.1) is 0 Å². The third-order valence-electron chi connectivity index (χ3n) is 7.95. The number of pyridine rings is 1. The minimum Gasteiger partial charge on any atom is -1.00 e. The van der Waals surface area contributed by atoms with Gasteiger partial charge in [0, 0.05) is 22.9 Å². The fourth-order valence-electron chi connectivity index (χ4n) is 5.57. The standard InChI is InChI=1S/C34H35F2N9O8S2.BrH/c1-6-52-41-22(25-39-32(55-42-25)40-33(49)53-34(2,3)4)27(46)38-23-28(47)45-24(30(48)51-15-18-9-11-20(50-5)12-10-18)19(16-54-29(23)45)14-43-17-44(31(35)36)21-8-7-13-37-26(21)43;/h7-13,17,23,29,31H,6,14-16H2,1-5H3,(H-,38,39,40,42,46,49);1H/b41-22-;. The van der Waals surface area contributed by atoms with Crippen molar-refractivity contribution in [2.45, 2.75) is 64.4 Å². The molecule has 2 N–H and O–H groups in total. The second-order valence-corrected chi connectivity index (χ2v) is 14.8. The van der Waals surface area contributed by atoms with Crippen LogP contribution in [0.5, 0.6) is 5.75 Å². The number of esters is 1. The normalized spacial score (nSPS) is 16.8. The van der Waals surface area contributed by atoms with Crippen molar-refractivity contribution >= 4 is 69.2 Å². The van der Waals surface area contributed by atoms with E-state index in [1.54, 1.807) is 52.0 Å². The number of thioether (sulfide) groups is 1. The molecule has 0 aliphatic carbocycles. The van der Waals surface area contributed by atoms with Crippen LogP contribution in [0.3, 0.4) is 0 Å². The lowest BCUT2D eigenvalue weighted by Gasteiger charge is -2.49. The smallest absolute Gasteiger partial charge is 0.414 e. The summed E-state index contributed by atoms with van der Waals surface area (Å²) < 4.78 is 50.4. The Hall–Kier alpha value is -5.22. The molecule has 298 valence electrons. The first kappa shape index (κ1) is 41.9. The van der Waals surface area contributed by atoms with Crippen molar-refractivity contribution in [3.63, 3.8) is 0 Å². The molecule has 17 nitrogen and oxygen atoms in total. The molecule has 0 saturated carbocycles. The number of rotatable bonds is 13. The minimum absolute atomic E-state index is 0. The quantitative estimate of drug-likeness (QED) is 0.0632. The zero-order valence-electron chi connectivity index (χ0n) is 30.5. The maximum Gasteiger partial charge on any atom is 0.414 e. The van der Waals surface area contributed by atoms with E-state index in [1.807, 2.05) is 0 Å². The maximum absolute atomic E-state index is 14.0. The van der Waals surface area contributed by atoms with Crippen LogP contribution in [0.1, 0.15) is 45.6 Å². The highest BCUT2D eigenvalue weighted by atomic mass is 79.9. The molecule has 2 unspecified atom stereocenters. The van der Waals surface area contributed by atoms with E-state index >= 15 is 0 Å². The number of carbonyl (C=O) groups is 4. The molecule has 1 saturated heterocycles. The lowest BCUT2D eigenvalue weighted by atomic mass is 10.0. The van der Waals surface area contributed by atoms with E-state index < -0.39 is 47.4 Å². The molecule has 0 bridgehead atoms. The lowest BCUT2D eigenvalue weighted by molar-refractivity contribution is -0.666. The Balaban J connectivity index is 0.00000600. The molecular formula is C34H36BrF2N9O8S2. The third-order valence-corrected chi connectivity index (χ3v) is 9.92. The van der Waals surface area contributed by atoms with Gasteiger partial charge in [-0.15, -0.1) is 16.7 Å². The summed E-state index contributed by atoms with van der Waals surface area (Å²) in [5.41, 5.74) is 0.282. The zero-order chi connectivity index (χ0) is 39.4. The number of anilines is 1. The number of methoxy groups -OCH3 is 1. The second kappa shape index (κ2) is 17.7. The van der Waals surface area contributed by atoms with Crippen LogP contribution in [0.25, 0.3) is 11.2 Å². The van der Waals surface area contributed by atoms with Crippen molar-refractivity contribution in [2.24, 2.45) is 5.16 Å². The Morgan fingerprint density at radius 2 is 1.91 bits per heavy atom. The molecule has 0 radical (unpaired) electrons. The Kier molecular flexibility index (Phi) is 13.3. The number of halogens is 3. The number of alkyl halides is 2. The van der Waals surface area contributed by atoms with Crippen LogP contribution in [-0.2, 0) is 41.8 Å². The molecule has 1 aromatic carbocycles. The van der Waals surface area contributed by atoms with Crippen LogP contribution < -0.4 is 36.9 Å². The fourth-order valence-corrected chi connectivity index (χ4v) is 7.46. The highest BCUT2D eigenvalue weighted by Gasteiger charge is 2.55. The van der Waals surface area contributed by atoms with Gasteiger partial charge in [0.05, 0.1) is 13.7 Å². The van der Waals surface area contributed by atoms with E-state index in [9.17, 15) is 28.0 Å². The summed E-state index contributed by atoms with van der Waals surface area (Å²) >= 11 is 2.02. The Morgan fingerprint density at radius 1 is 1.16 bits per heavy atom.